The van der Waals surface area contributed by atoms with E-state index >= 15 is 0 Å². The summed E-state index contributed by atoms with van der Waals surface area (Å²) in [6, 6.07) is 16.7. The number of ether oxygens (including phenoxy) is 1. The Morgan fingerprint density at radius 1 is 0.897 bits per heavy atom. The Balaban J connectivity index is 0.00000240. The first-order valence-corrected chi connectivity index (χ1v) is 9.73. The molecule has 0 spiro atoms. The van der Waals surface area contributed by atoms with Gasteiger partial charge in [-0.1, -0.05) is 60.5 Å². The summed E-state index contributed by atoms with van der Waals surface area (Å²) in [5.41, 5.74) is 0.618. The van der Waals surface area contributed by atoms with Crippen molar-refractivity contribution in [1.29, 1.82) is 0 Å². The topological polar surface area (TPSA) is 46.6 Å². The molecular weight excluding hydrogens is 386 g/mol. The number of halogens is 1. The van der Waals surface area contributed by atoms with Crippen molar-refractivity contribution in [3.63, 3.8) is 0 Å². The number of nitrogens with zero attached hydrogens (tertiary/aromatic N) is 1. The van der Waals surface area contributed by atoms with Gasteiger partial charge in [-0.15, -0.1) is 18.3 Å². The van der Waals surface area contributed by atoms with Crippen molar-refractivity contribution in [1.82, 2.24) is 4.90 Å². The van der Waals surface area contributed by atoms with Crippen LogP contribution in [0, 0.1) is 17.3 Å². The minimum atomic E-state index is -1.31. The van der Waals surface area contributed by atoms with Gasteiger partial charge >= 0.3 is 0 Å². The van der Waals surface area contributed by atoms with Crippen LogP contribution in [0.15, 0.2) is 54.6 Å². The Kier molecular flexibility index (Phi) is 6.87. The number of carbonyl (C=O) groups excluding carboxylic acids is 2. The van der Waals surface area contributed by atoms with Crippen molar-refractivity contribution in [2.24, 2.45) is 5.41 Å². The highest BCUT2D eigenvalue weighted by molar-refractivity contribution is 6.31. The third-order valence-electron chi connectivity index (χ3n) is 5.46. The molecule has 2 aromatic carbocycles. The van der Waals surface area contributed by atoms with Crippen molar-refractivity contribution >= 4 is 24.0 Å². The lowest BCUT2D eigenvalue weighted by molar-refractivity contribution is 0.0390. The Labute approximate surface area is 177 Å². The van der Waals surface area contributed by atoms with Crippen LogP contribution in [0.2, 0.25) is 0 Å². The van der Waals surface area contributed by atoms with E-state index < -0.39 is 5.41 Å². The van der Waals surface area contributed by atoms with Crippen LogP contribution in [0.3, 0.4) is 0 Å². The number of fused-ring (bicyclic) bond motifs is 1. The molecule has 0 atom stereocenters. The van der Waals surface area contributed by atoms with E-state index in [2.05, 4.69) is 16.7 Å². The molecule has 2 aliphatic rings. The van der Waals surface area contributed by atoms with E-state index in [4.69, 9.17) is 4.74 Å². The smallest absolute Gasteiger partial charge is 0.189 e. The van der Waals surface area contributed by atoms with Crippen molar-refractivity contribution < 1.29 is 14.3 Å². The number of hydrogen-bond acceptors (Lipinski definition) is 4. The lowest BCUT2D eigenvalue weighted by atomic mass is 9.77. The Bertz CT molecular complexity index is 904. The zero-order valence-corrected chi connectivity index (χ0v) is 17.0. The first kappa shape index (κ1) is 21.3. The predicted molar refractivity (Wildman–Crippen MR) is 115 cm³/mol. The average molecular weight is 410 g/mol. The highest BCUT2D eigenvalue weighted by atomic mass is 35.5. The number of hydrogen-bond donors (Lipinski definition) is 0. The average Bonchev–Trinajstić information content (AvgIpc) is 2.95. The lowest BCUT2D eigenvalue weighted by Gasteiger charge is -2.25. The van der Waals surface area contributed by atoms with Gasteiger partial charge in [0, 0.05) is 43.6 Å². The van der Waals surface area contributed by atoms with Gasteiger partial charge in [0.1, 0.15) is 0 Å². The number of Topliss-reactive ketones (excluding diaryl/α,β-unsaturated/α-hetero) is 2. The maximum absolute atomic E-state index is 13.3. The molecule has 29 heavy (non-hydrogen) atoms. The van der Waals surface area contributed by atoms with Crippen LogP contribution in [-0.4, -0.2) is 49.3 Å². The first-order valence-electron chi connectivity index (χ1n) is 9.73. The highest BCUT2D eigenvalue weighted by Gasteiger charge is 2.51. The van der Waals surface area contributed by atoms with Crippen LogP contribution in [0.4, 0.5) is 0 Å². The van der Waals surface area contributed by atoms with Crippen LogP contribution in [0.25, 0.3) is 0 Å². The SMILES string of the molecule is Cl.O=C1c2ccccc2C(=O)C1(C#CCCN1CCOCC1)Cc1ccccc1. The fraction of sp³-hybridized carbons (Fsp3) is 0.333. The fourth-order valence-electron chi connectivity index (χ4n) is 3.91. The minimum Gasteiger partial charge on any atom is -0.379 e. The van der Waals surface area contributed by atoms with Gasteiger partial charge in [-0.05, 0) is 5.56 Å². The second-order valence-corrected chi connectivity index (χ2v) is 7.28. The van der Waals surface area contributed by atoms with Gasteiger partial charge in [-0.3, -0.25) is 14.5 Å². The molecule has 4 rings (SSSR count). The fourth-order valence-corrected chi connectivity index (χ4v) is 3.91. The summed E-state index contributed by atoms with van der Waals surface area (Å²) < 4.78 is 5.37. The summed E-state index contributed by atoms with van der Waals surface area (Å²) in [4.78, 5) is 28.9. The van der Waals surface area contributed by atoms with Gasteiger partial charge in [0.15, 0.2) is 17.0 Å². The van der Waals surface area contributed by atoms with E-state index in [0.29, 0.717) is 24.0 Å². The number of rotatable bonds is 4. The van der Waals surface area contributed by atoms with E-state index in [1.165, 1.54) is 0 Å². The number of benzene rings is 2. The van der Waals surface area contributed by atoms with E-state index in [1.54, 1.807) is 24.3 Å². The normalized spacial score (nSPS) is 17.8. The largest absolute Gasteiger partial charge is 0.379 e. The molecule has 0 N–H and O–H groups in total. The van der Waals surface area contributed by atoms with E-state index in [1.807, 2.05) is 30.3 Å². The molecule has 1 fully saturated rings. The quantitative estimate of drug-likeness (QED) is 0.573. The van der Waals surface area contributed by atoms with Crippen LogP contribution in [-0.2, 0) is 11.2 Å². The van der Waals surface area contributed by atoms with Gasteiger partial charge in [0.25, 0.3) is 0 Å². The zero-order chi connectivity index (χ0) is 19.4. The van der Waals surface area contributed by atoms with Crippen LogP contribution >= 0.6 is 12.4 Å². The molecule has 0 bridgehead atoms. The maximum Gasteiger partial charge on any atom is 0.189 e. The molecule has 5 heteroatoms. The molecule has 0 radical (unpaired) electrons. The molecule has 1 aliphatic carbocycles. The van der Waals surface area contributed by atoms with Crippen molar-refractivity contribution in [3.8, 4) is 11.8 Å². The molecule has 1 heterocycles. The van der Waals surface area contributed by atoms with Gasteiger partial charge in [-0.2, -0.15) is 0 Å². The monoisotopic (exact) mass is 409 g/mol. The number of morpholine rings is 1. The minimum absolute atomic E-state index is 0. The molecule has 150 valence electrons. The molecule has 0 aromatic heterocycles. The first-order chi connectivity index (χ1) is 13.7. The molecular formula is C24H24ClNO3. The van der Waals surface area contributed by atoms with Gasteiger partial charge in [-0.25, -0.2) is 0 Å². The third kappa shape index (κ3) is 4.28. The van der Waals surface area contributed by atoms with Crippen LogP contribution in [0.1, 0.15) is 32.7 Å². The van der Waals surface area contributed by atoms with Crippen molar-refractivity contribution in [2.45, 2.75) is 12.8 Å². The Hall–Kier alpha value is -2.45. The van der Waals surface area contributed by atoms with E-state index in [0.717, 1.165) is 38.4 Å². The summed E-state index contributed by atoms with van der Waals surface area (Å²) in [5, 5.41) is 0. The summed E-state index contributed by atoms with van der Waals surface area (Å²) in [7, 11) is 0. The van der Waals surface area contributed by atoms with Gasteiger partial charge in [0.2, 0.25) is 0 Å². The van der Waals surface area contributed by atoms with E-state index in [-0.39, 0.29) is 24.0 Å². The second-order valence-electron chi connectivity index (χ2n) is 7.28. The molecule has 4 nitrogen and oxygen atoms in total. The molecule has 2 aromatic rings. The Morgan fingerprint density at radius 2 is 1.48 bits per heavy atom. The van der Waals surface area contributed by atoms with Gasteiger partial charge in [0.05, 0.1) is 13.2 Å². The standard InChI is InChI=1S/C24H23NO3.ClH/c26-22-20-10-4-5-11-21(20)23(27)24(22,18-19-8-2-1-3-9-19)12-6-7-13-25-14-16-28-17-15-25;/h1-5,8-11H,7,13-18H2;1H. The number of ketones is 2. The van der Waals surface area contributed by atoms with Crippen molar-refractivity contribution in [3.05, 3.63) is 71.3 Å². The van der Waals surface area contributed by atoms with Crippen LogP contribution in [0.5, 0.6) is 0 Å². The lowest BCUT2D eigenvalue weighted by Crippen LogP contribution is -2.37. The molecule has 0 amide bonds. The van der Waals surface area contributed by atoms with Crippen molar-refractivity contribution in [2.75, 3.05) is 32.8 Å². The summed E-state index contributed by atoms with van der Waals surface area (Å²) in [5.74, 6) is 5.94. The van der Waals surface area contributed by atoms with Crippen LogP contribution < -0.4 is 0 Å². The summed E-state index contributed by atoms with van der Waals surface area (Å²) in [6.45, 7) is 4.13. The second kappa shape index (κ2) is 9.37. The summed E-state index contributed by atoms with van der Waals surface area (Å²) >= 11 is 0. The summed E-state index contributed by atoms with van der Waals surface area (Å²) in [6.07, 6.45) is 0.943. The molecule has 1 saturated heterocycles. The Morgan fingerprint density at radius 3 is 2.10 bits per heavy atom. The predicted octanol–water partition coefficient (Wildman–Crippen LogP) is 3.44. The third-order valence-corrected chi connectivity index (χ3v) is 5.46. The molecule has 0 unspecified atom stereocenters. The maximum atomic E-state index is 13.3. The van der Waals surface area contributed by atoms with E-state index in [9.17, 15) is 9.59 Å². The molecule has 1 aliphatic heterocycles. The zero-order valence-electron chi connectivity index (χ0n) is 16.2. The number of carbonyl (C=O) groups is 2. The molecule has 0 saturated carbocycles. The highest BCUT2D eigenvalue weighted by Crippen LogP contribution is 2.39. The van der Waals surface area contributed by atoms with Gasteiger partial charge < -0.3 is 4.74 Å².